The Morgan fingerprint density at radius 3 is 2.51 bits per heavy atom. The Labute approximate surface area is 214 Å². The van der Waals surface area contributed by atoms with Gasteiger partial charge in [0.05, 0.1) is 46.9 Å². The summed E-state index contributed by atoms with van der Waals surface area (Å²) in [5, 5.41) is 12.6. The predicted molar refractivity (Wildman–Crippen MR) is 146 cm³/mol. The number of nitrogens with zero attached hydrogens (tertiary/aromatic N) is 5. The van der Waals surface area contributed by atoms with Gasteiger partial charge in [-0.15, -0.1) is 0 Å². The summed E-state index contributed by atoms with van der Waals surface area (Å²) in [6.07, 6.45) is 12.8. The molecule has 5 aromatic rings. The van der Waals surface area contributed by atoms with Crippen LogP contribution in [0.4, 0.5) is 11.4 Å². The van der Waals surface area contributed by atoms with E-state index >= 15 is 0 Å². The predicted octanol–water partition coefficient (Wildman–Crippen LogP) is 5.54. The molecule has 5 aromatic heterocycles. The Morgan fingerprint density at radius 1 is 0.919 bits per heavy atom. The van der Waals surface area contributed by atoms with E-state index < -0.39 is 5.41 Å². The van der Waals surface area contributed by atoms with Crippen LogP contribution in [0.15, 0.2) is 49.2 Å². The van der Waals surface area contributed by atoms with Gasteiger partial charge in [0.1, 0.15) is 0 Å². The number of hydrogen-bond donors (Lipinski definition) is 3. The topological polar surface area (TPSA) is 115 Å². The Hall–Kier alpha value is -4.27. The van der Waals surface area contributed by atoms with Crippen LogP contribution in [-0.4, -0.2) is 49.1 Å². The normalized spacial score (nSPS) is 14.4. The molecule has 0 atom stereocenters. The number of fused-ring (bicyclic) bond motifs is 2. The van der Waals surface area contributed by atoms with Gasteiger partial charge < -0.3 is 15.2 Å². The average molecular weight is 495 g/mol. The fraction of sp³-hybridized carbons (Fsp3) is 0.321. The van der Waals surface area contributed by atoms with E-state index in [9.17, 15) is 4.79 Å². The number of piperidine rings is 1. The summed E-state index contributed by atoms with van der Waals surface area (Å²) in [7, 11) is 0. The highest BCUT2D eigenvalue weighted by Gasteiger charge is 2.22. The van der Waals surface area contributed by atoms with Crippen molar-refractivity contribution in [2.45, 2.75) is 40.0 Å². The quantitative estimate of drug-likeness (QED) is 0.302. The molecule has 6 rings (SSSR count). The number of H-pyrrole nitrogens is 2. The molecule has 0 spiro atoms. The van der Waals surface area contributed by atoms with Crippen molar-refractivity contribution in [3.05, 3.63) is 49.2 Å². The maximum Gasteiger partial charge on any atom is 0.229 e. The number of nitrogens with one attached hydrogen (secondary N) is 3. The van der Waals surface area contributed by atoms with E-state index in [0.717, 1.165) is 51.9 Å². The number of aromatic nitrogens is 6. The second kappa shape index (κ2) is 8.99. The van der Waals surface area contributed by atoms with Gasteiger partial charge >= 0.3 is 0 Å². The third-order valence-electron chi connectivity index (χ3n) is 6.91. The number of aromatic amines is 2. The van der Waals surface area contributed by atoms with Gasteiger partial charge in [0.15, 0.2) is 5.65 Å². The molecule has 1 fully saturated rings. The zero-order chi connectivity index (χ0) is 25.6. The van der Waals surface area contributed by atoms with Gasteiger partial charge in [0, 0.05) is 52.8 Å². The molecule has 9 heteroatoms. The van der Waals surface area contributed by atoms with Crippen LogP contribution < -0.4 is 10.2 Å². The lowest BCUT2D eigenvalue weighted by molar-refractivity contribution is -0.123. The first-order valence-electron chi connectivity index (χ1n) is 12.7. The molecule has 1 saturated heterocycles. The van der Waals surface area contributed by atoms with Crippen molar-refractivity contribution in [1.29, 1.82) is 0 Å². The lowest BCUT2D eigenvalue weighted by Gasteiger charge is -2.28. The summed E-state index contributed by atoms with van der Waals surface area (Å²) in [5.74, 6) is -0.0608. The molecule has 9 nitrogen and oxygen atoms in total. The first kappa shape index (κ1) is 23.1. The molecule has 0 radical (unpaired) electrons. The second-order valence-electron chi connectivity index (χ2n) is 10.7. The number of carbonyl (C=O) groups excluding carboxylic acids is 1. The Bertz CT molecular complexity index is 1600. The van der Waals surface area contributed by atoms with E-state index in [4.69, 9.17) is 0 Å². The minimum Gasteiger partial charge on any atom is -0.370 e. The van der Waals surface area contributed by atoms with E-state index in [1.54, 1.807) is 18.6 Å². The SMILES string of the molecule is CC(C)(C)C(=O)Nc1cncc(-c2cnc3n[nH]c(-c4cc5c(N6CCCCC6)cncc5[nH]4)c3c2)c1. The minimum atomic E-state index is -0.495. The summed E-state index contributed by atoms with van der Waals surface area (Å²) in [6.45, 7) is 7.77. The number of carbonyl (C=O) groups is 1. The molecular weight excluding hydrogens is 464 g/mol. The molecular formula is C28H30N8O. The zero-order valence-corrected chi connectivity index (χ0v) is 21.3. The van der Waals surface area contributed by atoms with Crippen molar-refractivity contribution in [1.82, 2.24) is 30.1 Å². The fourth-order valence-electron chi connectivity index (χ4n) is 4.81. The molecule has 1 aliphatic heterocycles. The van der Waals surface area contributed by atoms with Crippen LogP contribution in [0.2, 0.25) is 0 Å². The van der Waals surface area contributed by atoms with Crippen LogP contribution in [0.3, 0.4) is 0 Å². The Kier molecular flexibility index (Phi) is 5.62. The summed E-state index contributed by atoms with van der Waals surface area (Å²) in [6, 6.07) is 6.15. The van der Waals surface area contributed by atoms with Crippen LogP contribution in [0, 0.1) is 5.41 Å². The summed E-state index contributed by atoms with van der Waals surface area (Å²) in [4.78, 5) is 31.8. The van der Waals surface area contributed by atoms with Crippen molar-refractivity contribution >= 4 is 39.2 Å². The van der Waals surface area contributed by atoms with Crippen LogP contribution in [-0.2, 0) is 4.79 Å². The summed E-state index contributed by atoms with van der Waals surface area (Å²) >= 11 is 0. The minimum absolute atomic E-state index is 0.0608. The van der Waals surface area contributed by atoms with E-state index in [1.165, 1.54) is 24.9 Å². The van der Waals surface area contributed by atoms with Crippen LogP contribution in [0.5, 0.6) is 0 Å². The molecule has 0 bridgehead atoms. The number of anilines is 2. The first-order valence-corrected chi connectivity index (χ1v) is 12.7. The van der Waals surface area contributed by atoms with E-state index in [2.05, 4.69) is 52.5 Å². The highest BCUT2D eigenvalue weighted by Crippen LogP contribution is 2.34. The summed E-state index contributed by atoms with van der Waals surface area (Å²) in [5.41, 5.74) is 6.52. The number of pyridine rings is 3. The highest BCUT2D eigenvalue weighted by atomic mass is 16.2. The standard InChI is InChI=1S/C28H30N8O/c1-28(2,3)27(37)32-19-9-17(12-29-14-19)18-10-21-25(34-35-26(21)31-13-18)22-11-20-23(33-22)15-30-16-24(20)36-7-5-4-6-8-36/h9-16,33H,4-8H2,1-3H3,(H,32,37)(H,31,34,35). The number of hydrogen-bond acceptors (Lipinski definition) is 6. The third kappa shape index (κ3) is 4.41. The largest absolute Gasteiger partial charge is 0.370 e. The molecule has 3 N–H and O–H groups in total. The lowest BCUT2D eigenvalue weighted by atomic mass is 9.95. The van der Waals surface area contributed by atoms with E-state index in [0.29, 0.717) is 11.3 Å². The van der Waals surface area contributed by atoms with Crippen LogP contribution in [0.1, 0.15) is 40.0 Å². The van der Waals surface area contributed by atoms with Crippen molar-refractivity contribution in [3.63, 3.8) is 0 Å². The van der Waals surface area contributed by atoms with Gasteiger partial charge in [-0.1, -0.05) is 20.8 Å². The maximum absolute atomic E-state index is 12.4. The Balaban J connectivity index is 1.37. The number of amides is 1. The van der Waals surface area contributed by atoms with Crippen molar-refractivity contribution in [2.75, 3.05) is 23.3 Å². The van der Waals surface area contributed by atoms with Crippen molar-refractivity contribution < 1.29 is 4.79 Å². The molecule has 0 unspecified atom stereocenters. The van der Waals surface area contributed by atoms with Gasteiger partial charge in [0.25, 0.3) is 0 Å². The monoisotopic (exact) mass is 494 g/mol. The van der Waals surface area contributed by atoms with Gasteiger partial charge in [-0.25, -0.2) is 4.98 Å². The molecule has 37 heavy (non-hydrogen) atoms. The molecule has 188 valence electrons. The van der Waals surface area contributed by atoms with Gasteiger partial charge in [0.2, 0.25) is 5.91 Å². The lowest BCUT2D eigenvalue weighted by Crippen LogP contribution is -2.29. The van der Waals surface area contributed by atoms with Crippen LogP contribution in [0.25, 0.3) is 44.5 Å². The fourth-order valence-corrected chi connectivity index (χ4v) is 4.81. The van der Waals surface area contributed by atoms with Crippen molar-refractivity contribution in [2.24, 2.45) is 5.41 Å². The molecule has 1 amide bonds. The smallest absolute Gasteiger partial charge is 0.229 e. The molecule has 1 aliphatic rings. The van der Waals surface area contributed by atoms with E-state index in [-0.39, 0.29) is 5.91 Å². The highest BCUT2D eigenvalue weighted by molar-refractivity contribution is 6.00. The first-order chi connectivity index (χ1) is 17.9. The average Bonchev–Trinajstić information content (AvgIpc) is 3.52. The Morgan fingerprint density at radius 2 is 1.70 bits per heavy atom. The summed E-state index contributed by atoms with van der Waals surface area (Å²) < 4.78 is 0. The van der Waals surface area contributed by atoms with Gasteiger partial charge in [-0.3, -0.25) is 19.9 Å². The zero-order valence-electron chi connectivity index (χ0n) is 21.3. The molecule has 0 saturated carbocycles. The van der Waals surface area contributed by atoms with Gasteiger partial charge in [-0.05, 0) is 37.5 Å². The molecule has 0 aliphatic carbocycles. The number of rotatable bonds is 4. The maximum atomic E-state index is 12.4. The van der Waals surface area contributed by atoms with Gasteiger partial charge in [-0.2, -0.15) is 5.10 Å². The van der Waals surface area contributed by atoms with Crippen LogP contribution >= 0.6 is 0 Å². The van der Waals surface area contributed by atoms with E-state index in [1.807, 2.05) is 39.2 Å². The second-order valence-corrected chi connectivity index (χ2v) is 10.7. The molecule has 0 aromatic carbocycles. The molecule has 6 heterocycles. The van der Waals surface area contributed by atoms with Crippen molar-refractivity contribution in [3.8, 4) is 22.5 Å². The third-order valence-corrected chi connectivity index (χ3v) is 6.91.